The van der Waals surface area contributed by atoms with Crippen LogP contribution in [0, 0.1) is 4.91 Å². The summed E-state index contributed by atoms with van der Waals surface area (Å²) in [6.07, 6.45) is 0. The Morgan fingerprint density at radius 3 is 2.50 bits per heavy atom. The Morgan fingerprint density at radius 2 is 2.07 bits per heavy atom. The van der Waals surface area contributed by atoms with Crippen LogP contribution in [0.25, 0.3) is 0 Å². The lowest BCUT2D eigenvalue weighted by Gasteiger charge is -2.11. The number of benzene rings is 1. The molecule has 4 nitrogen and oxygen atoms in total. The molecule has 0 aliphatic carbocycles. The molecule has 0 saturated heterocycles. The summed E-state index contributed by atoms with van der Waals surface area (Å²) in [5.74, 6) is 0.640. The summed E-state index contributed by atoms with van der Waals surface area (Å²) in [5.41, 5.74) is 0.864. The number of phenolic OH excluding ortho intramolecular Hbond substituents is 1. The van der Waals surface area contributed by atoms with Crippen molar-refractivity contribution in [1.82, 2.24) is 0 Å². The fourth-order valence-electron chi connectivity index (χ4n) is 1.27. The van der Waals surface area contributed by atoms with Crippen LogP contribution in [0.15, 0.2) is 17.3 Å². The summed E-state index contributed by atoms with van der Waals surface area (Å²) < 4.78 is 4.98. The highest BCUT2D eigenvalue weighted by molar-refractivity contribution is 5.58. The van der Waals surface area contributed by atoms with Crippen molar-refractivity contribution in [3.8, 4) is 11.5 Å². The maximum Gasteiger partial charge on any atom is 0.153 e. The lowest BCUT2D eigenvalue weighted by molar-refractivity contribution is 0.411. The van der Waals surface area contributed by atoms with E-state index in [1.54, 1.807) is 6.07 Å². The molecule has 0 aromatic heterocycles. The number of hydrogen-bond acceptors (Lipinski definition) is 4. The third-order valence-electron chi connectivity index (χ3n) is 2.05. The highest BCUT2D eigenvalue weighted by Crippen LogP contribution is 2.37. The molecule has 14 heavy (non-hydrogen) atoms. The third-order valence-corrected chi connectivity index (χ3v) is 2.05. The summed E-state index contributed by atoms with van der Waals surface area (Å²) in [6, 6.07) is 2.96. The van der Waals surface area contributed by atoms with Gasteiger partial charge < -0.3 is 9.84 Å². The number of nitrogens with zero attached hydrogens (tertiary/aromatic N) is 1. The van der Waals surface area contributed by atoms with Gasteiger partial charge in [0.05, 0.1) is 7.11 Å². The molecule has 0 radical (unpaired) electrons. The van der Waals surface area contributed by atoms with Crippen molar-refractivity contribution in [1.29, 1.82) is 0 Å². The first-order valence-corrected chi connectivity index (χ1v) is 4.34. The van der Waals surface area contributed by atoms with Crippen LogP contribution in [0.5, 0.6) is 11.5 Å². The Kier molecular flexibility index (Phi) is 3.06. The first kappa shape index (κ1) is 10.5. The number of nitroso groups, excluding NO2 is 1. The van der Waals surface area contributed by atoms with E-state index in [9.17, 15) is 10.0 Å². The summed E-state index contributed by atoms with van der Waals surface area (Å²) in [5, 5.41) is 12.3. The standard InChI is InChI=1S/C10H13NO3/c1-6(2)7-4-10(14-3)8(11-13)5-9(7)12/h4-6,12H,1-3H3. The van der Waals surface area contributed by atoms with Crippen molar-refractivity contribution >= 4 is 5.69 Å². The highest BCUT2D eigenvalue weighted by atomic mass is 16.5. The molecule has 0 spiro atoms. The SMILES string of the molecule is COc1cc(C(C)C)c(O)cc1N=O. The molecule has 1 rings (SSSR count). The zero-order chi connectivity index (χ0) is 10.7. The molecule has 0 unspecified atom stereocenters. The second-order valence-electron chi connectivity index (χ2n) is 3.33. The average Bonchev–Trinajstić information content (AvgIpc) is 2.16. The zero-order valence-electron chi connectivity index (χ0n) is 8.44. The second-order valence-corrected chi connectivity index (χ2v) is 3.33. The van der Waals surface area contributed by atoms with E-state index in [-0.39, 0.29) is 17.4 Å². The van der Waals surface area contributed by atoms with Crippen LogP contribution in [0.3, 0.4) is 0 Å². The monoisotopic (exact) mass is 195 g/mol. The van der Waals surface area contributed by atoms with Crippen molar-refractivity contribution in [2.45, 2.75) is 19.8 Å². The maximum absolute atomic E-state index is 10.4. The number of methoxy groups -OCH3 is 1. The van der Waals surface area contributed by atoms with Crippen LogP contribution in [-0.4, -0.2) is 12.2 Å². The van der Waals surface area contributed by atoms with Crippen LogP contribution >= 0.6 is 0 Å². The van der Waals surface area contributed by atoms with E-state index in [1.807, 2.05) is 13.8 Å². The quantitative estimate of drug-likeness (QED) is 0.754. The minimum Gasteiger partial charge on any atom is -0.508 e. The molecule has 0 aliphatic rings. The largest absolute Gasteiger partial charge is 0.508 e. The van der Waals surface area contributed by atoms with Crippen molar-refractivity contribution in [3.63, 3.8) is 0 Å². The van der Waals surface area contributed by atoms with Gasteiger partial charge in [-0.05, 0) is 17.2 Å². The van der Waals surface area contributed by atoms with Gasteiger partial charge in [-0.25, -0.2) is 0 Å². The topological polar surface area (TPSA) is 58.9 Å². The fraction of sp³-hybridized carbons (Fsp3) is 0.400. The van der Waals surface area contributed by atoms with E-state index >= 15 is 0 Å². The molecule has 1 N–H and O–H groups in total. The predicted molar refractivity (Wildman–Crippen MR) is 54.2 cm³/mol. The number of ether oxygens (including phenoxy) is 1. The molecule has 76 valence electrons. The molecule has 1 aromatic carbocycles. The first-order chi connectivity index (χ1) is 6.60. The maximum atomic E-state index is 10.4. The molecular formula is C10H13NO3. The molecule has 0 atom stereocenters. The number of hydrogen-bond donors (Lipinski definition) is 1. The van der Waals surface area contributed by atoms with Gasteiger partial charge in [0, 0.05) is 11.6 Å². The van der Waals surface area contributed by atoms with Crippen LogP contribution in [-0.2, 0) is 0 Å². The van der Waals surface area contributed by atoms with Gasteiger partial charge in [-0.3, -0.25) is 0 Å². The lowest BCUT2D eigenvalue weighted by Crippen LogP contribution is -1.91. The number of rotatable bonds is 3. The predicted octanol–water partition coefficient (Wildman–Crippen LogP) is 2.92. The molecule has 4 heteroatoms. The van der Waals surface area contributed by atoms with Gasteiger partial charge in [-0.15, -0.1) is 4.91 Å². The third kappa shape index (κ3) is 1.84. The number of phenols is 1. The molecule has 1 aromatic rings. The molecule has 0 bridgehead atoms. The summed E-state index contributed by atoms with van der Waals surface area (Å²) in [4.78, 5) is 10.4. The van der Waals surface area contributed by atoms with Gasteiger partial charge in [-0.1, -0.05) is 13.8 Å². The van der Waals surface area contributed by atoms with Crippen molar-refractivity contribution in [2.24, 2.45) is 5.18 Å². The fourth-order valence-corrected chi connectivity index (χ4v) is 1.27. The van der Waals surface area contributed by atoms with Gasteiger partial charge in [0.15, 0.2) is 5.69 Å². The molecule has 0 saturated carbocycles. The smallest absolute Gasteiger partial charge is 0.153 e. The molecule has 0 fully saturated rings. The van der Waals surface area contributed by atoms with Crippen LogP contribution in [0.4, 0.5) is 5.69 Å². The summed E-state index contributed by atoms with van der Waals surface area (Å²) in [7, 11) is 1.46. The van der Waals surface area contributed by atoms with Gasteiger partial charge in [-0.2, -0.15) is 0 Å². The van der Waals surface area contributed by atoms with E-state index in [0.29, 0.717) is 5.75 Å². The van der Waals surface area contributed by atoms with Crippen LogP contribution in [0.2, 0.25) is 0 Å². The van der Waals surface area contributed by atoms with E-state index in [2.05, 4.69) is 5.18 Å². The second kappa shape index (κ2) is 4.09. The molecule has 0 aliphatic heterocycles. The van der Waals surface area contributed by atoms with Crippen molar-refractivity contribution in [3.05, 3.63) is 22.6 Å². The Morgan fingerprint density at radius 1 is 1.43 bits per heavy atom. The normalized spacial score (nSPS) is 10.3. The minimum absolute atomic E-state index is 0.0791. The Labute approximate surface area is 82.5 Å². The Bertz CT molecular complexity index is 347. The Balaban J connectivity index is 3.30. The molecular weight excluding hydrogens is 182 g/mol. The van der Waals surface area contributed by atoms with Gasteiger partial charge in [0.2, 0.25) is 0 Å². The van der Waals surface area contributed by atoms with E-state index in [4.69, 9.17) is 4.74 Å². The van der Waals surface area contributed by atoms with Crippen LogP contribution in [0.1, 0.15) is 25.3 Å². The summed E-state index contributed by atoms with van der Waals surface area (Å²) in [6.45, 7) is 3.89. The number of aromatic hydroxyl groups is 1. The molecule has 0 heterocycles. The van der Waals surface area contributed by atoms with Crippen molar-refractivity contribution in [2.75, 3.05) is 7.11 Å². The van der Waals surface area contributed by atoms with E-state index < -0.39 is 0 Å². The average molecular weight is 195 g/mol. The van der Waals surface area contributed by atoms with E-state index in [0.717, 1.165) is 5.56 Å². The summed E-state index contributed by atoms with van der Waals surface area (Å²) >= 11 is 0. The van der Waals surface area contributed by atoms with Crippen molar-refractivity contribution < 1.29 is 9.84 Å². The lowest BCUT2D eigenvalue weighted by atomic mass is 10.0. The minimum atomic E-state index is 0.0791. The Hall–Kier alpha value is -1.58. The van der Waals surface area contributed by atoms with Gasteiger partial charge >= 0.3 is 0 Å². The molecule has 0 amide bonds. The highest BCUT2D eigenvalue weighted by Gasteiger charge is 2.12. The zero-order valence-corrected chi connectivity index (χ0v) is 8.44. The first-order valence-electron chi connectivity index (χ1n) is 4.34. The van der Waals surface area contributed by atoms with E-state index in [1.165, 1.54) is 13.2 Å². The van der Waals surface area contributed by atoms with Crippen LogP contribution < -0.4 is 4.74 Å². The van der Waals surface area contributed by atoms with Gasteiger partial charge in [0.1, 0.15) is 11.5 Å². The van der Waals surface area contributed by atoms with Gasteiger partial charge in [0.25, 0.3) is 0 Å².